The molecule has 5 aromatic rings. The van der Waals surface area contributed by atoms with E-state index in [1.165, 1.54) is 28.8 Å². The normalized spacial score (nSPS) is 13.4. The largest absolute Gasteiger partial charge is 0.368 e. The number of amides is 1. The summed E-state index contributed by atoms with van der Waals surface area (Å²) in [4.78, 5) is 39.6. The van der Waals surface area contributed by atoms with Crippen LogP contribution in [0.4, 0.5) is 24.8 Å². The maximum atomic E-state index is 13.9. The number of benzene rings is 3. The Morgan fingerprint density at radius 2 is 1.44 bits per heavy atom. The third kappa shape index (κ3) is 5.78. The summed E-state index contributed by atoms with van der Waals surface area (Å²) in [5.74, 6) is -1.64. The minimum absolute atomic E-state index is 0.105. The Bertz CT molecular complexity index is 1870. The Kier molecular flexibility index (Phi) is 7.54. The van der Waals surface area contributed by atoms with Gasteiger partial charge in [0.2, 0.25) is 5.95 Å². The molecule has 11 heteroatoms. The molecule has 218 valence electrons. The molecule has 0 unspecified atom stereocenters. The Morgan fingerprint density at radius 3 is 2.14 bits per heavy atom. The number of rotatable bonds is 6. The average molecular weight is 585 g/mol. The maximum Gasteiger partial charge on any atom is 0.256 e. The fraction of sp³-hybridized carbons (Fsp3) is 0.188. The summed E-state index contributed by atoms with van der Waals surface area (Å²) >= 11 is 0. The van der Waals surface area contributed by atoms with Crippen LogP contribution in [0.25, 0.3) is 16.7 Å². The van der Waals surface area contributed by atoms with Crippen molar-refractivity contribution in [2.75, 3.05) is 36.0 Å². The number of anilines is 2. The predicted molar refractivity (Wildman–Crippen MR) is 158 cm³/mol. The molecule has 0 bridgehead atoms. The van der Waals surface area contributed by atoms with Crippen molar-refractivity contribution in [2.45, 2.75) is 13.5 Å². The molecule has 0 radical (unpaired) electrons. The number of nitrogens with zero attached hydrogens (tertiary/aromatic N) is 5. The topological polar surface area (TPSA) is 83.4 Å². The molecule has 3 aromatic carbocycles. The van der Waals surface area contributed by atoms with E-state index in [1.54, 1.807) is 42.5 Å². The molecule has 1 amide bonds. The fourth-order valence-corrected chi connectivity index (χ4v) is 5.16. The Balaban J connectivity index is 1.23. The Morgan fingerprint density at radius 1 is 0.791 bits per heavy atom. The second-order valence-electron chi connectivity index (χ2n) is 10.3. The first-order chi connectivity index (χ1) is 20.8. The van der Waals surface area contributed by atoms with Crippen molar-refractivity contribution in [2.24, 2.45) is 0 Å². The van der Waals surface area contributed by atoms with Crippen LogP contribution in [0.2, 0.25) is 0 Å². The van der Waals surface area contributed by atoms with Crippen LogP contribution in [0, 0.1) is 24.4 Å². The van der Waals surface area contributed by atoms with Crippen LogP contribution in [0.1, 0.15) is 21.6 Å². The summed E-state index contributed by atoms with van der Waals surface area (Å²) in [6.45, 7) is 4.45. The molecule has 3 heterocycles. The molecule has 2 aromatic heterocycles. The van der Waals surface area contributed by atoms with Crippen LogP contribution in [-0.4, -0.2) is 46.6 Å². The zero-order chi connectivity index (χ0) is 30.1. The summed E-state index contributed by atoms with van der Waals surface area (Å²) in [7, 11) is 0. The van der Waals surface area contributed by atoms with Crippen LogP contribution < -0.4 is 20.7 Å². The van der Waals surface area contributed by atoms with Gasteiger partial charge in [-0.15, -0.1) is 0 Å². The van der Waals surface area contributed by atoms with E-state index in [2.05, 4.69) is 15.1 Å². The van der Waals surface area contributed by atoms with Crippen molar-refractivity contribution >= 4 is 28.6 Å². The average Bonchev–Trinajstić information content (AvgIpc) is 3.01. The standard InChI is InChI=1S/C32H27F3N6O2/c1-20-27-12-13-29(42)41(26-8-3-21(4-9-26)31(43)36-19-22-2-5-24(34)18-28(22)35)30(27)38-32(37-20)40-16-14-39(15-17-40)25-10-6-23(33)7-11-25/h2-13,18H,14-17,19H2,1H3,(H,36,43). The highest BCUT2D eigenvalue weighted by Gasteiger charge is 2.21. The second kappa shape index (κ2) is 11.6. The van der Waals surface area contributed by atoms with Crippen molar-refractivity contribution < 1.29 is 18.0 Å². The molecule has 1 saturated heterocycles. The van der Waals surface area contributed by atoms with E-state index >= 15 is 0 Å². The quantitative estimate of drug-likeness (QED) is 0.310. The minimum atomic E-state index is -0.739. The lowest BCUT2D eigenvalue weighted by Gasteiger charge is -2.36. The van der Waals surface area contributed by atoms with Gasteiger partial charge in [-0.1, -0.05) is 6.07 Å². The molecule has 1 aliphatic heterocycles. The number of carbonyl (C=O) groups is 1. The van der Waals surface area contributed by atoms with Crippen molar-refractivity contribution in [1.29, 1.82) is 0 Å². The molecule has 1 aliphatic rings. The zero-order valence-corrected chi connectivity index (χ0v) is 23.2. The Labute approximate surface area is 245 Å². The van der Waals surface area contributed by atoms with Gasteiger partial charge in [0.05, 0.1) is 11.4 Å². The van der Waals surface area contributed by atoms with E-state index in [0.717, 1.165) is 28.9 Å². The molecule has 1 N–H and O–H groups in total. The SMILES string of the molecule is Cc1nc(N2CCN(c3ccc(F)cc3)CC2)nc2c1ccc(=O)n2-c1ccc(C(=O)NCc2ccc(F)cc2F)cc1. The van der Waals surface area contributed by atoms with Crippen molar-refractivity contribution in [1.82, 2.24) is 19.9 Å². The number of aryl methyl sites for hydroxylation is 1. The van der Waals surface area contributed by atoms with Gasteiger partial charge in [-0.05, 0) is 67.6 Å². The number of piperazine rings is 1. The van der Waals surface area contributed by atoms with E-state index in [9.17, 15) is 22.8 Å². The molecule has 6 rings (SSSR count). The lowest BCUT2D eigenvalue weighted by atomic mass is 10.1. The van der Waals surface area contributed by atoms with Gasteiger partial charge in [0.1, 0.15) is 17.5 Å². The first-order valence-electron chi connectivity index (χ1n) is 13.8. The summed E-state index contributed by atoms with van der Waals surface area (Å²) in [5, 5.41) is 3.35. The third-order valence-corrected chi connectivity index (χ3v) is 7.53. The number of nitrogens with one attached hydrogen (secondary N) is 1. The molecule has 1 fully saturated rings. The van der Waals surface area contributed by atoms with Crippen LogP contribution in [0.5, 0.6) is 0 Å². The number of aromatic nitrogens is 3. The number of fused-ring (bicyclic) bond motifs is 1. The molecular weight excluding hydrogens is 557 g/mol. The minimum Gasteiger partial charge on any atom is -0.368 e. The predicted octanol–water partition coefficient (Wildman–Crippen LogP) is 4.76. The highest BCUT2D eigenvalue weighted by Crippen LogP contribution is 2.23. The molecule has 0 saturated carbocycles. The number of carbonyl (C=O) groups excluding carboxylic acids is 1. The van der Waals surface area contributed by atoms with Crippen molar-refractivity contribution in [3.8, 4) is 5.69 Å². The van der Waals surface area contributed by atoms with Crippen LogP contribution in [0.3, 0.4) is 0 Å². The fourth-order valence-electron chi connectivity index (χ4n) is 5.16. The van der Waals surface area contributed by atoms with Gasteiger partial charge in [0, 0.05) is 67.1 Å². The summed E-state index contributed by atoms with van der Waals surface area (Å²) in [6.07, 6.45) is 0. The van der Waals surface area contributed by atoms with E-state index in [4.69, 9.17) is 9.97 Å². The van der Waals surface area contributed by atoms with Gasteiger partial charge in [0.25, 0.3) is 11.5 Å². The number of pyridine rings is 1. The van der Waals surface area contributed by atoms with E-state index < -0.39 is 17.5 Å². The van der Waals surface area contributed by atoms with Crippen LogP contribution in [-0.2, 0) is 6.54 Å². The van der Waals surface area contributed by atoms with Crippen LogP contribution in [0.15, 0.2) is 83.7 Å². The number of hydrogen-bond acceptors (Lipinski definition) is 6. The molecule has 43 heavy (non-hydrogen) atoms. The lowest BCUT2D eigenvalue weighted by Crippen LogP contribution is -2.47. The summed E-state index contributed by atoms with van der Waals surface area (Å²) < 4.78 is 41.9. The monoisotopic (exact) mass is 584 g/mol. The molecule has 0 aliphatic carbocycles. The Hall–Kier alpha value is -5.19. The highest BCUT2D eigenvalue weighted by molar-refractivity contribution is 5.94. The van der Waals surface area contributed by atoms with Gasteiger partial charge in [-0.3, -0.25) is 14.2 Å². The third-order valence-electron chi connectivity index (χ3n) is 7.53. The molecule has 0 atom stereocenters. The highest BCUT2D eigenvalue weighted by atomic mass is 19.1. The number of hydrogen-bond donors (Lipinski definition) is 1. The van der Waals surface area contributed by atoms with Gasteiger partial charge in [-0.2, -0.15) is 4.98 Å². The zero-order valence-electron chi connectivity index (χ0n) is 23.2. The van der Waals surface area contributed by atoms with Crippen molar-refractivity contribution in [3.63, 3.8) is 0 Å². The van der Waals surface area contributed by atoms with Gasteiger partial charge >= 0.3 is 0 Å². The summed E-state index contributed by atoms with van der Waals surface area (Å²) in [6, 6.07) is 19.2. The smallest absolute Gasteiger partial charge is 0.256 e. The first kappa shape index (κ1) is 28.0. The van der Waals surface area contributed by atoms with Gasteiger partial charge in [-0.25, -0.2) is 18.2 Å². The molecule has 0 spiro atoms. The number of halogens is 3. The van der Waals surface area contributed by atoms with E-state index in [-0.39, 0.29) is 23.5 Å². The maximum absolute atomic E-state index is 13.9. The van der Waals surface area contributed by atoms with Gasteiger partial charge < -0.3 is 15.1 Å². The molecule has 8 nitrogen and oxygen atoms in total. The van der Waals surface area contributed by atoms with Gasteiger partial charge in [0.15, 0.2) is 5.65 Å². The lowest BCUT2D eigenvalue weighted by molar-refractivity contribution is 0.0950. The van der Waals surface area contributed by atoms with Crippen molar-refractivity contribution in [3.05, 3.63) is 123 Å². The van der Waals surface area contributed by atoms with E-state index in [0.29, 0.717) is 49.0 Å². The summed E-state index contributed by atoms with van der Waals surface area (Å²) in [5.41, 5.74) is 2.81. The van der Waals surface area contributed by atoms with E-state index in [1.807, 2.05) is 6.92 Å². The second-order valence-corrected chi connectivity index (χ2v) is 10.3. The molecular formula is C32H27F3N6O2. The van der Waals surface area contributed by atoms with Crippen LogP contribution >= 0.6 is 0 Å². The first-order valence-corrected chi connectivity index (χ1v) is 13.8.